The van der Waals surface area contributed by atoms with Crippen LogP contribution in [0.25, 0.3) is 0 Å². The van der Waals surface area contributed by atoms with E-state index < -0.39 is 0 Å². The van der Waals surface area contributed by atoms with Crippen LogP contribution in [0.1, 0.15) is 11.3 Å². The number of aryl methyl sites for hydroxylation is 1. The van der Waals surface area contributed by atoms with Crippen molar-refractivity contribution in [3.8, 4) is 0 Å². The molecule has 1 aromatic heterocycles. The predicted octanol–water partition coefficient (Wildman–Crippen LogP) is 2.36. The number of benzene rings is 1. The van der Waals surface area contributed by atoms with Crippen LogP contribution in [0, 0.1) is 0 Å². The van der Waals surface area contributed by atoms with Gasteiger partial charge in [-0.1, -0.05) is 23.7 Å². The minimum atomic E-state index is 0.772. The van der Waals surface area contributed by atoms with Crippen molar-refractivity contribution >= 4 is 11.6 Å². The maximum Gasteiger partial charge on any atom is 0.0947 e. The molecule has 1 N–H and O–H groups in total. The summed E-state index contributed by atoms with van der Waals surface area (Å²) in [7, 11) is 1.97. The SMILES string of the molecule is Cn1cnc(CNCc2ccc(Cl)cc2)c1. The van der Waals surface area contributed by atoms with Crippen molar-refractivity contribution in [2.45, 2.75) is 13.1 Å². The Morgan fingerprint density at radius 2 is 2.00 bits per heavy atom. The van der Waals surface area contributed by atoms with Gasteiger partial charge in [0.1, 0.15) is 0 Å². The number of nitrogens with one attached hydrogen (secondary N) is 1. The van der Waals surface area contributed by atoms with E-state index in [2.05, 4.69) is 10.3 Å². The highest BCUT2D eigenvalue weighted by molar-refractivity contribution is 6.30. The van der Waals surface area contributed by atoms with Crippen LogP contribution in [0.3, 0.4) is 0 Å². The lowest BCUT2D eigenvalue weighted by Gasteiger charge is -2.02. The Balaban J connectivity index is 1.82. The second-order valence-electron chi connectivity index (χ2n) is 3.76. The third kappa shape index (κ3) is 3.08. The lowest BCUT2D eigenvalue weighted by molar-refractivity contribution is 0.682. The van der Waals surface area contributed by atoms with Crippen LogP contribution >= 0.6 is 11.6 Å². The Bertz CT molecular complexity index is 448. The van der Waals surface area contributed by atoms with Crippen LogP contribution in [0.15, 0.2) is 36.8 Å². The summed E-state index contributed by atoms with van der Waals surface area (Å²) in [4.78, 5) is 4.24. The maximum absolute atomic E-state index is 5.81. The normalized spacial score (nSPS) is 10.6. The van der Waals surface area contributed by atoms with E-state index >= 15 is 0 Å². The standard InChI is InChI=1S/C12H14ClN3/c1-16-8-12(15-9-16)7-14-6-10-2-4-11(13)5-3-10/h2-5,8-9,14H,6-7H2,1H3. The molecule has 0 amide bonds. The van der Waals surface area contributed by atoms with Gasteiger partial charge in [-0.15, -0.1) is 0 Å². The number of aromatic nitrogens is 2. The van der Waals surface area contributed by atoms with Crippen LogP contribution in [0.2, 0.25) is 5.02 Å². The molecule has 0 fully saturated rings. The van der Waals surface area contributed by atoms with E-state index in [1.165, 1.54) is 5.56 Å². The number of nitrogens with zero attached hydrogens (tertiary/aromatic N) is 2. The van der Waals surface area contributed by atoms with Crippen molar-refractivity contribution in [3.05, 3.63) is 53.1 Å². The average Bonchev–Trinajstić information content (AvgIpc) is 2.67. The molecule has 3 nitrogen and oxygen atoms in total. The van der Waals surface area contributed by atoms with Crippen molar-refractivity contribution in [3.63, 3.8) is 0 Å². The van der Waals surface area contributed by atoms with Crippen LogP contribution in [-0.2, 0) is 20.1 Å². The van der Waals surface area contributed by atoms with Crippen LogP contribution < -0.4 is 5.32 Å². The molecule has 0 radical (unpaired) electrons. The van der Waals surface area contributed by atoms with Crippen LogP contribution in [-0.4, -0.2) is 9.55 Å². The van der Waals surface area contributed by atoms with Crippen molar-refractivity contribution in [1.29, 1.82) is 0 Å². The largest absolute Gasteiger partial charge is 0.340 e. The summed E-state index contributed by atoms with van der Waals surface area (Å²) < 4.78 is 1.94. The van der Waals surface area contributed by atoms with Crippen LogP contribution in [0.5, 0.6) is 0 Å². The quantitative estimate of drug-likeness (QED) is 0.882. The molecule has 0 spiro atoms. The summed E-state index contributed by atoms with van der Waals surface area (Å²) in [5, 5.41) is 4.10. The molecule has 16 heavy (non-hydrogen) atoms. The van der Waals surface area contributed by atoms with Gasteiger partial charge in [0.15, 0.2) is 0 Å². The van der Waals surface area contributed by atoms with Gasteiger partial charge < -0.3 is 9.88 Å². The minimum Gasteiger partial charge on any atom is -0.340 e. The number of hydrogen-bond acceptors (Lipinski definition) is 2. The number of imidazole rings is 1. The lowest BCUT2D eigenvalue weighted by Crippen LogP contribution is -2.12. The zero-order valence-electron chi connectivity index (χ0n) is 9.15. The molecular formula is C12H14ClN3. The van der Waals surface area contributed by atoms with Gasteiger partial charge in [-0.2, -0.15) is 0 Å². The summed E-state index contributed by atoms with van der Waals surface area (Å²) in [6.07, 6.45) is 3.81. The summed E-state index contributed by atoms with van der Waals surface area (Å²) in [5.41, 5.74) is 2.27. The molecule has 1 heterocycles. The first-order valence-electron chi connectivity index (χ1n) is 5.16. The molecule has 0 saturated heterocycles. The number of hydrogen-bond donors (Lipinski definition) is 1. The Hall–Kier alpha value is -1.32. The zero-order valence-corrected chi connectivity index (χ0v) is 9.91. The van der Waals surface area contributed by atoms with Gasteiger partial charge in [-0.05, 0) is 17.7 Å². The van der Waals surface area contributed by atoms with Gasteiger partial charge >= 0.3 is 0 Å². The lowest BCUT2D eigenvalue weighted by atomic mass is 10.2. The Kier molecular flexibility index (Phi) is 3.59. The molecular weight excluding hydrogens is 222 g/mol. The van der Waals surface area contributed by atoms with Gasteiger partial charge in [0.2, 0.25) is 0 Å². The molecule has 84 valence electrons. The van der Waals surface area contributed by atoms with E-state index in [0.29, 0.717) is 0 Å². The fraction of sp³-hybridized carbons (Fsp3) is 0.250. The van der Waals surface area contributed by atoms with E-state index in [4.69, 9.17) is 11.6 Å². The highest BCUT2D eigenvalue weighted by Gasteiger charge is 1.96. The topological polar surface area (TPSA) is 29.9 Å². The summed E-state index contributed by atoms with van der Waals surface area (Å²) in [5.74, 6) is 0. The molecule has 0 aliphatic carbocycles. The molecule has 0 saturated carbocycles. The summed E-state index contributed by atoms with van der Waals surface area (Å²) in [6.45, 7) is 1.61. The Morgan fingerprint density at radius 3 is 2.62 bits per heavy atom. The second-order valence-corrected chi connectivity index (χ2v) is 4.20. The number of rotatable bonds is 4. The maximum atomic E-state index is 5.81. The Morgan fingerprint density at radius 1 is 1.25 bits per heavy atom. The van der Waals surface area contributed by atoms with E-state index in [-0.39, 0.29) is 0 Å². The zero-order chi connectivity index (χ0) is 11.4. The van der Waals surface area contributed by atoms with E-state index in [0.717, 1.165) is 23.8 Å². The van der Waals surface area contributed by atoms with Gasteiger partial charge in [-0.25, -0.2) is 4.98 Å². The third-order valence-electron chi connectivity index (χ3n) is 2.31. The molecule has 0 bridgehead atoms. The summed E-state index contributed by atoms with van der Waals surface area (Å²) >= 11 is 5.81. The van der Waals surface area contributed by atoms with Crippen molar-refractivity contribution in [1.82, 2.24) is 14.9 Å². The first-order valence-corrected chi connectivity index (χ1v) is 5.54. The van der Waals surface area contributed by atoms with Crippen molar-refractivity contribution in [2.75, 3.05) is 0 Å². The van der Waals surface area contributed by atoms with Crippen molar-refractivity contribution < 1.29 is 0 Å². The molecule has 0 unspecified atom stereocenters. The van der Waals surface area contributed by atoms with Gasteiger partial charge in [-0.3, -0.25) is 0 Å². The van der Waals surface area contributed by atoms with E-state index in [1.54, 1.807) is 6.33 Å². The predicted molar refractivity (Wildman–Crippen MR) is 65.2 cm³/mol. The van der Waals surface area contributed by atoms with Gasteiger partial charge in [0.05, 0.1) is 12.0 Å². The molecule has 0 aliphatic rings. The van der Waals surface area contributed by atoms with E-state index in [9.17, 15) is 0 Å². The molecule has 4 heteroatoms. The average molecular weight is 236 g/mol. The monoisotopic (exact) mass is 235 g/mol. The molecule has 0 aliphatic heterocycles. The highest BCUT2D eigenvalue weighted by Crippen LogP contribution is 2.09. The number of halogens is 1. The van der Waals surface area contributed by atoms with Crippen LogP contribution in [0.4, 0.5) is 0 Å². The first-order chi connectivity index (χ1) is 7.74. The minimum absolute atomic E-state index is 0.772. The summed E-state index contributed by atoms with van der Waals surface area (Å²) in [6, 6.07) is 7.85. The molecule has 0 atom stereocenters. The van der Waals surface area contributed by atoms with Crippen molar-refractivity contribution in [2.24, 2.45) is 7.05 Å². The molecule has 2 rings (SSSR count). The fourth-order valence-electron chi connectivity index (χ4n) is 1.50. The smallest absolute Gasteiger partial charge is 0.0947 e. The third-order valence-corrected chi connectivity index (χ3v) is 2.56. The highest BCUT2D eigenvalue weighted by atomic mass is 35.5. The van der Waals surface area contributed by atoms with Gasteiger partial charge in [0, 0.05) is 31.4 Å². The Labute approximate surface area is 100 Å². The molecule has 1 aromatic carbocycles. The van der Waals surface area contributed by atoms with E-state index in [1.807, 2.05) is 42.1 Å². The molecule has 2 aromatic rings. The second kappa shape index (κ2) is 5.14. The van der Waals surface area contributed by atoms with Gasteiger partial charge in [0.25, 0.3) is 0 Å². The first kappa shape index (κ1) is 11.2. The fourth-order valence-corrected chi connectivity index (χ4v) is 1.62.